The lowest BCUT2D eigenvalue weighted by molar-refractivity contribution is -0.385. The topological polar surface area (TPSA) is 200 Å². The van der Waals surface area contributed by atoms with E-state index in [1.165, 1.54) is 47.1 Å². The molecular weight excluding hydrogens is 506 g/mol. The van der Waals surface area contributed by atoms with Crippen LogP contribution in [0.15, 0.2) is 22.6 Å². The van der Waals surface area contributed by atoms with Gasteiger partial charge in [0.05, 0.1) is 12.0 Å². The lowest BCUT2D eigenvalue weighted by Gasteiger charge is -2.49. The zero-order valence-electron chi connectivity index (χ0n) is 18.5. The molecule has 2 amide bonds. The number of rotatable bonds is 9. The van der Waals surface area contributed by atoms with Gasteiger partial charge in [0, 0.05) is 18.6 Å². The fourth-order valence-electron chi connectivity index (χ4n) is 3.52. The van der Waals surface area contributed by atoms with Crippen molar-refractivity contribution < 1.29 is 29.2 Å². The van der Waals surface area contributed by atoms with E-state index < -0.39 is 45.9 Å². The van der Waals surface area contributed by atoms with E-state index in [-0.39, 0.29) is 17.3 Å². The molecule has 0 saturated carbocycles. The van der Waals surface area contributed by atoms with Crippen molar-refractivity contribution in [2.75, 3.05) is 18.6 Å². The maximum Gasteiger partial charge on any atom is 0.352 e. The largest absolute Gasteiger partial charge is 0.477 e. The summed E-state index contributed by atoms with van der Waals surface area (Å²) in [5, 5.41) is 38.4. The molecule has 4 rings (SSSR count). The summed E-state index contributed by atoms with van der Waals surface area (Å²) in [4.78, 5) is 49.2. The molecule has 4 heterocycles. The normalized spacial score (nSPS) is 20.2. The van der Waals surface area contributed by atoms with Crippen LogP contribution < -0.4 is 10.1 Å². The van der Waals surface area contributed by atoms with E-state index >= 15 is 0 Å². The number of carboxylic acid groups (broad SMARTS) is 1. The van der Waals surface area contributed by atoms with Crippen molar-refractivity contribution in [2.45, 2.75) is 29.5 Å². The molecule has 2 aromatic heterocycles. The van der Waals surface area contributed by atoms with Crippen LogP contribution in [-0.2, 0) is 21.4 Å². The lowest BCUT2D eigenvalue weighted by atomic mass is 10.0. The number of hydrogen-bond donors (Lipinski definition) is 2. The number of methoxy groups -OCH3 is 1. The Morgan fingerprint density at radius 3 is 2.80 bits per heavy atom. The molecule has 1 fully saturated rings. The number of carbonyl (C=O) groups excluding carboxylic acids is 2. The minimum atomic E-state index is -1.25. The summed E-state index contributed by atoms with van der Waals surface area (Å²) in [6, 6.07) is -1.94. The summed E-state index contributed by atoms with van der Waals surface area (Å²) in [7, 11) is 2.88. The molecule has 0 unspecified atom stereocenters. The molecule has 186 valence electrons. The van der Waals surface area contributed by atoms with Crippen molar-refractivity contribution >= 4 is 47.0 Å². The van der Waals surface area contributed by atoms with Crippen LogP contribution >= 0.6 is 23.5 Å². The summed E-state index contributed by atoms with van der Waals surface area (Å²) < 4.78 is 7.39. The quantitative estimate of drug-likeness (QED) is 0.182. The van der Waals surface area contributed by atoms with Gasteiger partial charge in [-0.2, -0.15) is 0 Å². The molecular formula is C17H19N9O7S2. The number of nitro groups is 1. The first kappa shape index (κ1) is 24.5. The standard InChI is InChI=1S/C17H19N9O7S2/c1-7(24-4-9(26(31)32)13(20-24)33-3)12(27)18-10-14(28)25-11(16(29)30)8(5-34-15(10)25)6-35-17-19-21-22-23(17)2/h4,7,10,15H,5-6H2,1-3H3,(H,18,27)(H,29,30)/t7-,10-,15+/m1/s1. The number of thioether (sulfide) groups is 2. The van der Waals surface area contributed by atoms with Gasteiger partial charge in [-0.1, -0.05) is 11.8 Å². The van der Waals surface area contributed by atoms with Gasteiger partial charge in [-0.25, -0.2) is 14.2 Å². The summed E-state index contributed by atoms with van der Waals surface area (Å²) in [6.07, 6.45) is 1.06. The third-order valence-corrected chi connectivity index (χ3v) is 7.79. The Morgan fingerprint density at radius 2 is 2.23 bits per heavy atom. The lowest BCUT2D eigenvalue weighted by Crippen LogP contribution is -2.71. The SMILES string of the molecule is COc1nn([C@H](C)C(=O)N[C@@H]2C(=O)N3C(C(=O)O)=C(CSc4nnnn4C)CS[C@@H]23)cc1[N+](=O)[O-]. The number of ether oxygens (including phenoxy) is 1. The third-order valence-electron chi connectivity index (χ3n) is 5.35. The van der Waals surface area contributed by atoms with Gasteiger partial charge in [-0.3, -0.25) is 24.6 Å². The third kappa shape index (κ3) is 4.41. The van der Waals surface area contributed by atoms with Crippen LogP contribution in [0.3, 0.4) is 0 Å². The average molecular weight is 526 g/mol. The maximum absolute atomic E-state index is 12.9. The highest BCUT2D eigenvalue weighted by atomic mass is 32.2. The molecule has 0 spiro atoms. The Balaban J connectivity index is 1.46. The van der Waals surface area contributed by atoms with Crippen molar-refractivity contribution in [2.24, 2.45) is 7.05 Å². The Morgan fingerprint density at radius 1 is 1.49 bits per heavy atom. The molecule has 0 aromatic carbocycles. The second-order valence-electron chi connectivity index (χ2n) is 7.46. The molecule has 2 aliphatic heterocycles. The van der Waals surface area contributed by atoms with Crippen LogP contribution in [0, 0.1) is 10.1 Å². The molecule has 2 aliphatic rings. The van der Waals surface area contributed by atoms with E-state index in [4.69, 9.17) is 4.74 Å². The van der Waals surface area contributed by atoms with Gasteiger partial charge in [-0.05, 0) is 22.9 Å². The molecule has 35 heavy (non-hydrogen) atoms. The van der Waals surface area contributed by atoms with E-state index in [1.807, 2.05) is 0 Å². The van der Waals surface area contributed by atoms with Crippen LogP contribution in [0.25, 0.3) is 0 Å². The molecule has 0 bridgehead atoms. The smallest absolute Gasteiger partial charge is 0.352 e. The average Bonchev–Trinajstić information content (AvgIpc) is 3.45. The zero-order chi connectivity index (χ0) is 25.4. The number of nitrogens with zero attached hydrogens (tertiary/aromatic N) is 8. The first-order valence-corrected chi connectivity index (χ1v) is 12.0. The van der Waals surface area contributed by atoms with Gasteiger partial charge in [-0.15, -0.1) is 22.0 Å². The molecule has 2 aromatic rings. The maximum atomic E-state index is 12.9. The van der Waals surface area contributed by atoms with Crippen molar-refractivity contribution in [3.8, 4) is 5.88 Å². The van der Waals surface area contributed by atoms with Crippen LogP contribution in [0.4, 0.5) is 5.69 Å². The molecule has 0 radical (unpaired) electrons. The van der Waals surface area contributed by atoms with Crippen molar-refractivity contribution in [3.63, 3.8) is 0 Å². The van der Waals surface area contributed by atoms with Gasteiger partial charge in [0.25, 0.3) is 5.91 Å². The number of amides is 2. The van der Waals surface area contributed by atoms with E-state index in [1.54, 1.807) is 7.05 Å². The highest BCUT2D eigenvalue weighted by molar-refractivity contribution is 8.01. The van der Waals surface area contributed by atoms with Crippen LogP contribution in [0.2, 0.25) is 0 Å². The number of hydrogen-bond acceptors (Lipinski definition) is 12. The molecule has 1 saturated heterocycles. The molecule has 0 aliphatic carbocycles. The number of β-lactam (4-membered cyclic amide) rings is 1. The Hall–Kier alpha value is -3.67. The summed E-state index contributed by atoms with van der Waals surface area (Å²) in [5.41, 5.74) is 0.0150. The molecule has 3 atom stereocenters. The number of aliphatic carboxylic acids is 1. The number of tetrazole rings is 1. The number of aryl methyl sites for hydroxylation is 1. The van der Waals surface area contributed by atoms with Crippen LogP contribution in [0.5, 0.6) is 5.88 Å². The molecule has 16 nitrogen and oxygen atoms in total. The highest BCUT2D eigenvalue weighted by Gasteiger charge is 2.54. The predicted molar refractivity (Wildman–Crippen MR) is 119 cm³/mol. The fraction of sp³-hybridized carbons (Fsp3) is 0.471. The zero-order valence-corrected chi connectivity index (χ0v) is 20.1. The molecule has 18 heteroatoms. The molecule has 2 N–H and O–H groups in total. The number of fused-ring (bicyclic) bond motifs is 1. The Kier molecular flexibility index (Phi) is 6.66. The fourth-order valence-corrected chi connectivity index (χ4v) is 5.85. The van der Waals surface area contributed by atoms with Gasteiger partial charge >= 0.3 is 17.5 Å². The van der Waals surface area contributed by atoms with E-state index in [2.05, 4.69) is 25.9 Å². The second-order valence-corrected chi connectivity index (χ2v) is 9.51. The van der Waals surface area contributed by atoms with E-state index in [9.17, 15) is 29.6 Å². The summed E-state index contributed by atoms with van der Waals surface area (Å²) >= 11 is 2.57. The summed E-state index contributed by atoms with van der Waals surface area (Å²) in [6.45, 7) is 1.46. The summed E-state index contributed by atoms with van der Waals surface area (Å²) in [5.74, 6) is -2.06. The number of nitrogens with one attached hydrogen (secondary N) is 1. The minimum absolute atomic E-state index is 0.118. The minimum Gasteiger partial charge on any atom is -0.477 e. The van der Waals surface area contributed by atoms with Gasteiger partial charge in [0.2, 0.25) is 11.1 Å². The van der Waals surface area contributed by atoms with Crippen molar-refractivity contribution in [1.82, 2.24) is 40.2 Å². The Bertz CT molecular complexity index is 1240. The highest BCUT2D eigenvalue weighted by Crippen LogP contribution is 2.41. The van der Waals surface area contributed by atoms with Gasteiger partial charge in [0.15, 0.2) is 0 Å². The van der Waals surface area contributed by atoms with Gasteiger partial charge < -0.3 is 15.2 Å². The van der Waals surface area contributed by atoms with Crippen molar-refractivity contribution in [1.29, 1.82) is 0 Å². The number of carbonyl (C=O) groups is 3. The first-order chi connectivity index (χ1) is 16.6. The monoisotopic (exact) mass is 525 g/mol. The Labute approximate surface area is 205 Å². The predicted octanol–water partition coefficient (Wildman–Crippen LogP) is -0.585. The van der Waals surface area contributed by atoms with Crippen LogP contribution in [-0.4, -0.2) is 92.7 Å². The van der Waals surface area contributed by atoms with Crippen molar-refractivity contribution in [3.05, 3.63) is 27.6 Å². The van der Waals surface area contributed by atoms with E-state index in [0.29, 0.717) is 16.5 Å². The number of aromatic nitrogens is 6. The number of carboxylic acids is 1. The van der Waals surface area contributed by atoms with E-state index in [0.717, 1.165) is 10.9 Å². The first-order valence-electron chi connectivity index (χ1n) is 9.97. The second kappa shape index (κ2) is 9.53. The van der Waals surface area contributed by atoms with Gasteiger partial charge in [0.1, 0.15) is 29.4 Å². The van der Waals surface area contributed by atoms with Crippen LogP contribution in [0.1, 0.15) is 13.0 Å².